The normalized spacial score (nSPS) is 13.2. The van der Waals surface area contributed by atoms with Crippen molar-refractivity contribution in [1.82, 2.24) is 0 Å². The molecule has 0 atom stereocenters. The van der Waals surface area contributed by atoms with Gasteiger partial charge in [0.25, 0.3) is 0 Å². The molecule has 2 rings (SSSR count). The van der Waals surface area contributed by atoms with Gasteiger partial charge < -0.3 is 15.2 Å². The molecule has 14 heavy (non-hydrogen) atoms. The lowest BCUT2D eigenvalue weighted by Crippen LogP contribution is -1.99. The molecule has 0 unspecified atom stereocenters. The van der Waals surface area contributed by atoms with E-state index in [0.29, 0.717) is 5.75 Å². The van der Waals surface area contributed by atoms with E-state index in [0.717, 1.165) is 24.2 Å². The van der Waals surface area contributed by atoms with Gasteiger partial charge in [-0.3, -0.25) is 0 Å². The van der Waals surface area contributed by atoms with E-state index in [-0.39, 0.29) is 5.56 Å². The van der Waals surface area contributed by atoms with Gasteiger partial charge in [0, 0.05) is 17.8 Å². The minimum Gasteiger partial charge on any atom is -0.496 e. The van der Waals surface area contributed by atoms with Crippen molar-refractivity contribution < 1.29 is 14.6 Å². The summed E-state index contributed by atoms with van der Waals surface area (Å²) in [7, 11) is 1.56. The quantitative estimate of drug-likeness (QED) is 0.744. The van der Waals surface area contributed by atoms with Crippen LogP contribution < -0.4 is 10.1 Å². The van der Waals surface area contributed by atoms with E-state index < -0.39 is 5.97 Å². The summed E-state index contributed by atoms with van der Waals surface area (Å²) in [5.74, 6) is -0.273. The zero-order valence-corrected chi connectivity index (χ0v) is 7.83. The number of rotatable bonds is 2. The van der Waals surface area contributed by atoms with Crippen LogP contribution in [-0.2, 0) is 6.42 Å². The highest BCUT2D eigenvalue weighted by molar-refractivity contribution is 5.90. The Bertz CT molecular complexity index is 387. The predicted octanol–water partition coefficient (Wildman–Crippen LogP) is 1.36. The maximum absolute atomic E-state index is 10.8. The Labute approximate surface area is 81.5 Å². The van der Waals surface area contributed by atoms with E-state index in [9.17, 15) is 4.79 Å². The number of methoxy groups -OCH3 is 1. The highest BCUT2D eigenvalue weighted by atomic mass is 16.5. The molecule has 4 nitrogen and oxygen atoms in total. The SMILES string of the molecule is COc1cc(C(=O)O)cc2c1CCN2. The second-order valence-corrected chi connectivity index (χ2v) is 3.19. The Hall–Kier alpha value is -1.71. The molecule has 0 amide bonds. The van der Waals surface area contributed by atoms with Gasteiger partial charge in [0.05, 0.1) is 12.7 Å². The average molecular weight is 193 g/mol. The van der Waals surface area contributed by atoms with Gasteiger partial charge in [0.1, 0.15) is 5.75 Å². The lowest BCUT2D eigenvalue weighted by atomic mass is 10.1. The van der Waals surface area contributed by atoms with Crippen LogP contribution in [0.3, 0.4) is 0 Å². The Kier molecular flexibility index (Phi) is 2.04. The topological polar surface area (TPSA) is 58.6 Å². The lowest BCUT2D eigenvalue weighted by Gasteiger charge is -2.07. The first kappa shape index (κ1) is 8.87. The molecule has 1 aromatic carbocycles. The number of aromatic carboxylic acids is 1. The zero-order chi connectivity index (χ0) is 10.1. The maximum Gasteiger partial charge on any atom is 0.335 e. The molecule has 0 aliphatic carbocycles. The number of fused-ring (bicyclic) bond motifs is 1. The van der Waals surface area contributed by atoms with Crippen LogP contribution in [0.1, 0.15) is 15.9 Å². The van der Waals surface area contributed by atoms with Gasteiger partial charge in [-0.15, -0.1) is 0 Å². The van der Waals surface area contributed by atoms with Gasteiger partial charge in [-0.2, -0.15) is 0 Å². The van der Waals surface area contributed by atoms with Crippen molar-refractivity contribution in [3.63, 3.8) is 0 Å². The summed E-state index contributed by atoms with van der Waals surface area (Å²) in [6, 6.07) is 3.21. The van der Waals surface area contributed by atoms with Crippen LogP contribution in [0.25, 0.3) is 0 Å². The van der Waals surface area contributed by atoms with Crippen LogP contribution in [0, 0.1) is 0 Å². The minimum absolute atomic E-state index is 0.259. The minimum atomic E-state index is -0.931. The van der Waals surface area contributed by atoms with Gasteiger partial charge in [0.2, 0.25) is 0 Å². The molecular formula is C10H11NO3. The Morgan fingerprint density at radius 2 is 2.36 bits per heavy atom. The average Bonchev–Trinajstić information content (AvgIpc) is 2.63. The number of carbonyl (C=O) groups is 1. The highest BCUT2D eigenvalue weighted by Gasteiger charge is 2.18. The Balaban J connectivity index is 2.54. The van der Waals surface area contributed by atoms with Gasteiger partial charge >= 0.3 is 5.97 Å². The Morgan fingerprint density at radius 3 is 3.00 bits per heavy atom. The molecule has 0 bridgehead atoms. The van der Waals surface area contributed by atoms with Gasteiger partial charge in [-0.1, -0.05) is 0 Å². The van der Waals surface area contributed by atoms with Crippen molar-refractivity contribution in [2.45, 2.75) is 6.42 Å². The maximum atomic E-state index is 10.8. The third kappa shape index (κ3) is 1.28. The first-order chi connectivity index (χ1) is 6.72. The van der Waals surface area contributed by atoms with Crippen molar-refractivity contribution in [2.75, 3.05) is 19.0 Å². The summed E-state index contributed by atoms with van der Waals surface area (Å²) < 4.78 is 5.14. The number of hydrogen-bond acceptors (Lipinski definition) is 3. The van der Waals surface area contributed by atoms with Crippen LogP contribution in [0.15, 0.2) is 12.1 Å². The monoisotopic (exact) mass is 193 g/mol. The second-order valence-electron chi connectivity index (χ2n) is 3.19. The second kappa shape index (κ2) is 3.21. The third-order valence-electron chi connectivity index (χ3n) is 2.37. The molecule has 0 saturated carbocycles. The fourth-order valence-corrected chi connectivity index (χ4v) is 1.69. The number of carboxylic acid groups (broad SMARTS) is 1. The van der Waals surface area contributed by atoms with Crippen LogP contribution in [0.5, 0.6) is 5.75 Å². The van der Waals surface area contributed by atoms with Crippen LogP contribution in [0.2, 0.25) is 0 Å². The molecule has 2 N–H and O–H groups in total. The number of hydrogen-bond donors (Lipinski definition) is 2. The van der Waals surface area contributed by atoms with Crippen molar-refractivity contribution in [1.29, 1.82) is 0 Å². The standard InChI is InChI=1S/C10H11NO3/c1-14-9-5-6(10(12)13)4-8-7(9)2-3-11-8/h4-5,11H,2-3H2,1H3,(H,12,13). The smallest absolute Gasteiger partial charge is 0.335 e. The number of benzene rings is 1. The molecule has 74 valence electrons. The fourth-order valence-electron chi connectivity index (χ4n) is 1.69. The van der Waals surface area contributed by atoms with Crippen LogP contribution >= 0.6 is 0 Å². The number of nitrogens with one attached hydrogen (secondary N) is 1. The largest absolute Gasteiger partial charge is 0.496 e. The molecule has 0 saturated heterocycles. The van der Waals surface area contributed by atoms with Gasteiger partial charge in [-0.25, -0.2) is 4.79 Å². The van der Waals surface area contributed by atoms with Gasteiger partial charge in [-0.05, 0) is 18.6 Å². The van der Waals surface area contributed by atoms with Crippen molar-refractivity contribution >= 4 is 11.7 Å². The molecule has 0 spiro atoms. The summed E-state index contributed by atoms with van der Waals surface area (Å²) >= 11 is 0. The van der Waals surface area contributed by atoms with E-state index in [2.05, 4.69) is 5.32 Å². The summed E-state index contributed by atoms with van der Waals surface area (Å²) in [5.41, 5.74) is 2.20. The van der Waals surface area contributed by atoms with Gasteiger partial charge in [0.15, 0.2) is 0 Å². The van der Waals surface area contributed by atoms with E-state index in [4.69, 9.17) is 9.84 Å². The highest BCUT2D eigenvalue weighted by Crippen LogP contribution is 2.32. The molecular weight excluding hydrogens is 182 g/mol. The zero-order valence-electron chi connectivity index (χ0n) is 7.83. The third-order valence-corrected chi connectivity index (χ3v) is 2.37. The fraction of sp³-hybridized carbons (Fsp3) is 0.300. The first-order valence-electron chi connectivity index (χ1n) is 4.40. The van der Waals surface area contributed by atoms with E-state index >= 15 is 0 Å². The molecule has 1 heterocycles. The van der Waals surface area contributed by atoms with Crippen molar-refractivity contribution in [3.8, 4) is 5.75 Å². The molecule has 4 heteroatoms. The number of anilines is 1. The first-order valence-corrected chi connectivity index (χ1v) is 4.40. The summed E-state index contributed by atoms with van der Waals surface area (Å²) in [6.45, 7) is 0.842. The molecule has 1 aliphatic rings. The Morgan fingerprint density at radius 1 is 1.57 bits per heavy atom. The number of carboxylic acids is 1. The van der Waals surface area contributed by atoms with E-state index in [1.165, 1.54) is 0 Å². The molecule has 1 aromatic rings. The van der Waals surface area contributed by atoms with Crippen molar-refractivity contribution in [3.05, 3.63) is 23.3 Å². The van der Waals surface area contributed by atoms with E-state index in [1.807, 2.05) is 0 Å². The summed E-state index contributed by atoms with van der Waals surface area (Å²) in [4.78, 5) is 10.8. The predicted molar refractivity (Wildman–Crippen MR) is 52.1 cm³/mol. The summed E-state index contributed by atoms with van der Waals surface area (Å²) in [5, 5.41) is 12.0. The van der Waals surface area contributed by atoms with Crippen LogP contribution in [-0.4, -0.2) is 24.7 Å². The molecule has 0 fully saturated rings. The molecule has 0 aromatic heterocycles. The molecule has 0 radical (unpaired) electrons. The number of ether oxygens (including phenoxy) is 1. The van der Waals surface area contributed by atoms with Crippen molar-refractivity contribution in [2.24, 2.45) is 0 Å². The van der Waals surface area contributed by atoms with Crippen LogP contribution in [0.4, 0.5) is 5.69 Å². The lowest BCUT2D eigenvalue weighted by molar-refractivity contribution is 0.0696. The molecule has 1 aliphatic heterocycles. The summed E-state index contributed by atoms with van der Waals surface area (Å²) in [6.07, 6.45) is 0.887. The van der Waals surface area contributed by atoms with E-state index in [1.54, 1.807) is 19.2 Å².